The van der Waals surface area contributed by atoms with E-state index >= 15 is 0 Å². The summed E-state index contributed by atoms with van der Waals surface area (Å²) in [5, 5.41) is 14.0. The van der Waals surface area contributed by atoms with Gasteiger partial charge in [0.25, 0.3) is 11.5 Å². The lowest BCUT2D eigenvalue weighted by Crippen LogP contribution is -2.30. The Bertz CT molecular complexity index is 1090. The van der Waals surface area contributed by atoms with Gasteiger partial charge < -0.3 is 9.67 Å². The van der Waals surface area contributed by atoms with E-state index in [1.54, 1.807) is 30.5 Å². The Morgan fingerprint density at radius 2 is 1.89 bits per heavy atom. The number of phenolic OH excluding ortho intramolecular Hbond substituents is 1. The Morgan fingerprint density at radius 3 is 2.61 bits per heavy atom. The highest BCUT2D eigenvalue weighted by Crippen LogP contribution is 2.22. The minimum absolute atomic E-state index is 0.0302. The lowest BCUT2D eigenvalue weighted by atomic mass is 10.2. The van der Waals surface area contributed by atoms with Gasteiger partial charge in [-0.2, -0.15) is 5.10 Å². The molecule has 142 valence electrons. The number of benzene rings is 2. The third kappa shape index (κ3) is 4.79. The standard InChI is InChI=1S/C20H15Cl2N3O3/c21-15-6-3-13(4-7-15)12-25-9-1-2-16(20(25)28)19(27)24-23-11-14-5-8-18(26)17(22)10-14/h1-11,26H,12H2,(H,24,27)/b23-11-. The van der Waals surface area contributed by atoms with E-state index in [0.717, 1.165) is 5.56 Å². The number of carbonyl (C=O) groups is 1. The van der Waals surface area contributed by atoms with Crippen LogP contribution in [0.1, 0.15) is 21.5 Å². The zero-order valence-electron chi connectivity index (χ0n) is 14.5. The fraction of sp³-hybridized carbons (Fsp3) is 0.0500. The van der Waals surface area contributed by atoms with Crippen LogP contribution in [0, 0.1) is 0 Å². The van der Waals surface area contributed by atoms with Crippen LogP contribution in [-0.2, 0) is 6.54 Å². The zero-order chi connectivity index (χ0) is 20.1. The quantitative estimate of drug-likeness (QED) is 0.492. The molecule has 0 bridgehead atoms. The van der Waals surface area contributed by atoms with Gasteiger partial charge in [-0.15, -0.1) is 0 Å². The van der Waals surface area contributed by atoms with E-state index in [-0.39, 0.29) is 16.3 Å². The van der Waals surface area contributed by atoms with Gasteiger partial charge >= 0.3 is 0 Å². The summed E-state index contributed by atoms with van der Waals surface area (Å²) < 4.78 is 1.43. The maximum Gasteiger partial charge on any atom is 0.276 e. The number of hydrogen-bond donors (Lipinski definition) is 2. The Balaban J connectivity index is 1.73. The van der Waals surface area contributed by atoms with E-state index in [4.69, 9.17) is 23.2 Å². The fourth-order valence-electron chi connectivity index (χ4n) is 2.45. The smallest absolute Gasteiger partial charge is 0.276 e. The molecule has 2 aromatic carbocycles. The van der Waals surface area contributed by atoms with Crippen LogP contribution in [-0.4, -0.2) is 21.8 Å². The molecule has 0 saturated heterocycles. The number of hydrogen-bond acceptors (Lipinski definition) is 4. The molecule has 6 nitrogen and oxygen atoms in total. The van der Waals surface area contributed by atoms with Crippen LogP contribution in [0.4, 0.5) is 0 Å². The third-order valence-electron chi connectivity index (χ3n) is 3.88. The number of rotatable bonds is 5. The van der Waals surface area contributed by atoms with Crippen LogP contribution in [0.25, 0.3) is 0 Å². The second-order valence-corrected chi connectivity index (χ2v) is 6.73. The molecule has 1 aromatic heterocycles. The molecule has 0 unspecified atom stereocenters. The number of hydrazone groups is 1. The summed E-state index contributed by atoms with van der Waals surface area (Å²) in [4.78, 5) is 24.9. The van der Waals surface area contributed by atoms with Crippen molar-refractivity contribution < 1.29 is 9.90 Å². The van der Waals surface area contributed by atoms with Crippen LogP contribution in [0.2, 0.25) is 10.0 Å². The predicted octanol–water partition coefficient (Wildman–Crippen LogP) is 3.67. The highest BCUT2D eigenvalue weighted by Gasteiger charge is 2.11. The van der Waals surface area contributed by atoms with Gasteiger partial charge in [0, 0.05) is 11.2 Å². The number of aromatic hydroxyl groups is 1. The summed E-state index contributed by atoms with van der Waals surface area (Å²) in [5.41, 5.74) is 3.31. The highest BCUT2D eigenvalue weighted by atomic mass is 35.5. The second kappa shape index (κ2) is 8.73. The number of amides is 1. The monoisotopic (exact) mass is 415 g/mol. The van der Waals surface area contributed by atoms with Gasteiger partial charge in [0.05, 0.1) is 17.8 Å². The molecule has 1 amide bonds. The normalized spacial score (nSPS) is 10.9. The number of nitrogens with zero attached hydrogens (tertiary/aromatic N) is 2. The average molecular weight is 416 g/mol. The summed E-state index contributed by atoms with van der Waals surface area (Å²) in [7, 11) is 0. The molecule has 0 radical (unpaired) electrons. The molecule has 0 aliphatic heterocycles. The van der Waals surface area contributed by atoms with E-state index in [2.05, 4.69) is 10.5 Å². The van der Waals surface area contributed by atoms with Crippen molar-refractivity contribution in [2.24, 2.45) is 5.10 Å². The summed E-state index contributed by atoms with van der Waals surface area (Å²) in [5.74, 6) is -0.676. The minimum atomic E-state index is -0.628. The van der Waals surface area contributed by atoms with Crippen LogP contribution in [0.5, 0.6) is 5.75 Å². The van der Waals surface area contributed by atoms with Crippen molar-refractivity contribution in [3.8, 4) is 5.75 Å². The molecule has 0 spiro atoms. The molecule has 2 N–H and O–H groups in total. The lowest BCUT2D eigenvalue weighted by Gasteiger charge is -2.08. The summed E-state index contributed by atoms with van der Waals surface area (Å²) in [6.07, 6.45) is 2.97. The first-order chi connectivity index (χ1) is 13.4. The van der Waals surface area contributed by atoms with Crippen LogP contribution >= 0.6 is 23.2 Å². The minimum Gasteiger partial charge on any atom is -0.506 e. The molecule has 28 heavy (non-hydrogen) atoms. The van der Waals surface area contributed by atoms with Gasteiger partial charge in [-0.25, -0.2) is 5.43 Å². The van der Waals surface area contributed by atoms with Gasteiger partial charge in [0.15, 0.2) is 0 Å². The van der Waals surface area contributed by atoms with Gasteiger partial charge in [-0.3, -0.25) is 9.59 Å². The van der Waals surface area contributed by atoms with Gasteiger partial charge in [-0.05, 0) is 53.6 Å². The molecule has 0 aliphatic rings. The molecule has 0 saturated carbocycles. The summed E-state index contributed by atoms with van der Waals surface area (Å²) >= 11 is 11.7. The van der Waals surface area contributed by atoms with Crippen molar-refractivity contribution in [3.63, 3.8) is 0 Å². The molecule has 3 aromatic rings. The van der Waals surface area contributed by atoms with Crippen molar-refractivity contribution in [3.05, 3.63) is 97.9 Å². The SMILES string of the molecule is O=C(N/N=C\c1ccc(O)c(Cl)c1)c1cccn(Cc2ccc(Cl)cc2)c1=O. The van der Waals surface area contributed by atoms with Crippen molar-refractivity contribution in [1.29, 1.82) is 0 Å². The molecular weight excluding hydrogens is 401 g/mol. The maximum absolute atomic E-state index is 12.6. The Morgan fingerprint density at radius 1 is 1.14 bits per heavy atom. The fourth-order valence-corrected chi connectivity index (χ4v) is 2.76. The average Bonchev–Trinajstić information content (AvgIpc) is 2.68. The molecule has 0 atom stereocenters. The molecule has 3 rings (SSSR count). The van der Waals surface area contributed by atoms with E-state index in [0.29, 0.717) is 17.1 Å². The van der Waals surface area contributed by atoms with Crippen molar-refractivity contribution in [1.82, 2.24) is 9.99 Å². The summed E-state index contributed by atoms with van der Waals surface area (Å²) in [6, 6.07) is 14.7. The third-order valence-corrected chi connectivity index (χ3v) is 4.44. The number of phenols is 1. The van der Waals surface area contributed by atoms with E-state index < -0.39 is 11.5 Å². The molecular formula is C20H15Cl2N3O3. The Kier molecular flexibility index (Phi) is 6.13. The number of halogens is 2. The number of pyridine rings is 1. The second-order valence-electron chi connectivity index (χ2n) is 5.89. The molecule has 8 heteroatoms. The first-order valence-corrected chi connectivity index (χ1v) is 8.95. The first-order valence-electron chi connectivity index (χ1n) is 8.20. The van der Waals surface area contributed by atoms with Gasteiger partial charge in [0.2, 0.25) is 0 Å². The number of carbonyl (C=O) groups excluding carboxylic acids is 1. The molecule has 0 fully saturated rings. The van der Waals surface area contributed by atoms with Crippen LogP contribution < -0.4 is 11.0 Å². The Labute approximate surface area is 170 Å². The van der Waals surface area contributed by atoms with Crippen molar-refractivity contribution in [2.75, 3.05) is 0 Å². The van der Waals surface area contributed by atoms with Crippen LogP contribution in [0.15, 0.2) is 70.7 Å². The zero-order valence-corrected chi connectivity index (χ0v) is 16.0. The van der Waals surface area contributed by atoms with Crippen LogP contribution in [0.3, 0.4) is 0 Å². The summed E-state index contributed by atoms with van der Waals surface area (Å²) in [6.45, 7) is 0.312. The van der Waals surface area contributed by atoms with Gasteiger partial charge in [0.1, 0.15) is 11.3 Å². The predicted molar refractivity (Wildman–Crippen MR) is 109 cm³/mol. The van der Waals surface area contributed by atoms with Crippen molar-refractivity contribution in [2.45, 2.75) is 6.54 Å². The van der Waals surface area contributed by atoms with E-state index in [1.165, 1.54) is 29.0 Å². The van der Waals surface area contributed by atoms with E-state index in [1.807, 2.05) is 12.1 Å². The topological polar surface area (TPSA) is 83.7 Å². The number of aromatic nitrogens is 1. The number of nitrogens with one attached hydrogen (secondary N) is 1. The molecule has 1 heterocycles. The van der Waals surface area contributed by atoms with E-state index in [9.17, 15) is 14.7 Å². The van der Waals surface area contributed by atoms with Crippen molar-refractivity contribution >= 4 is 35.3 Å². The molecule has 0 aliphatic carbocycles. The largest absolute Gasteiger partial charge is 0.506 e. The maximum atomic E-state index is 12.6. The first kappa shape index (κ1) is 19.7. The Hall–Kier alpha value is -3.09. The highest BCUT2D eigenvalue weighted by molar-refractivity contribution is 6.32. The van der Waals surface area contributed by atoms with Gasteiger partial charge in [-0.1, -0.05) is 35.3 Å². The lowest BCUT2D eigenvalue weighted by molar-refractivity contribution is 0.0953.